The zero-order chi connectivity index (χ0) is 15.4. The summed E-state index contributed by atoms with van der Waals surface area (Å²) in [6, 6.07) is 13.0. The molecule has 0 saturated heterocycles. The Morgan fingerprint density at radius 2 is 1.81 bits per heavy atom. The monoisotopic (exact) mass is 348 g/mol. The molecule has 5 heteroatoms. The van der Waals surface area contributed by atoms with Gasteiger partial charge in [-0.15, -0.1) is 0 Å². The van der Waals surface area contributed by atoms with Crippen LogP contribution in [0.3, 0.4) is 0 Å². The maximum absolute atomic E-state index is 12.3. The quantitative estimate of drug-likeness (QED) is 0.914. The first-order chi connectivity index (χ1) is 10.0. The van der Waals surface area contributed by atoms with E-state index in [2.05, 4.69) is 21.2 Å². The predicted molar refractivity (Wildman–Crippen MR) is 89.4 cm³/mol. The van der Waals surface area contributed by atoms with Gasteiger partial charge in [-0.05, 0) is 42.5 Å². The fraction of sp³-hybridized carbons (Fsp3) is 0.188. The molecule has 0 saturated carbocycles. The molecule has 0 spiro atoms. The third-order valence-corrected chi connectivity index (χ3v) is 3.54. The molecule has 4 nitrogen and oxygen atoms in total. The molecule has 0 atom stereocenters. The molecular weight excluding hydrogens is 332 g/mol. The zero-order valence-electron chi connectivity index (χ0n) is 12.2. The van der Waals surface area contributed by atoms with Gasteiger partial charge in [0.25, 0.3) is 5.91 Å². The number of hydrogen-bond donors (Lipinski definition) is 1. The molecule has 1 amide bonds. The first-order valence-corrected chi connectivity index (χ1v) is 7.23. The van der Waals surface area contributed by atoms with E-state index in [1.54, 1.807) is 19.2 Å². The van der Waals surface area contributed by atoms with Crippen LogP contribution in [0.15, 0.2) is 46.9 Å². The van der Waals surface area contributed by atoms with Gasteiger partial charge >= 0.3 is 0 Å². The molecule has 0 heterocycles. The maximum Gasteiger partial charge on any atom is 0.259 e. The second kappa shape index (κ2) is 6.63. The summed E-state index contributed by atoms with van der Waals surface area (Å²) < 4.78 is 6.10. The van der Waals surface area contributed by atoms with Crippen LogP contribution in [0.5, 0.6) is 5.75 Å². The average Bonchev–Trinajstić information content (AvgIpc) is 2.47. The normalized spacial score (nSPS) is 10.1. The Morgan fingerprint density at radius 3 is 2.38 bits per heavy atom. The van der Waals surface area contributed by atoms with Crippen LogP contribution in [0, 0.1) is 0 Å². The van der Waals surface area contributed by atoms with Crippen molar-refractivity contribution in [2.45, 2.75) is 0 Å². The highest BCUT2D eigenvalue weighted by atomic mass is 79.9. The minimum atomic E-state index is -0.197. The van der Waals surface area contributed by atoms with Gasteiger partial charge in [-0.2, -0.15) is 0 Å². The number of nitrogens with zero attached hydrogens (tertiary/aromatic N) is 1. The van der Waals surface area contributed by atoms with Crippen molar-refractivity contribution in [2.24, 2.45) is 0 Å². The number of methoxy groups -OCH3 is 1. The van der Waals surface area contributed by atoms with E-state index in [0.29, 0.717) is 11.3 Å². The summed E-state index contributed by atoms with van der Waals surface area (Å²) in [6.45, 7) is 0. The van der Waals surface area contributed by atoms with Crippen molar-refractivity contribution in [1.82, 2.24) is 0 Å². The van der Waals surface area contributed by atoms with Crippen molar-refractivity contribution in [2.75, 3.05) is 31.4 Å². The lowest BCUT2D eigenvalue weighted by atomic mass is 10.2. The van der Waals surface area contributed by atoms with Crippen molar-refractivity contribution >= 4 is 33.2 Å². The number of hydrogen-bond acceptors (Lipinski definition) is 3. The van der Waals surface area contributed by atoms with Crippen molar-refractivity contribution < 1.29 is 9.53 Å². The van der Waals surface area contributed by atoms with Gasteiger partial charge in [0.2, 0.25) is 0 Å². The SMILES string of the molecule is COc1cc(Br)ccc1C(=O)Nc1ccc(N(C)C)cc1. The third kappa shape index (κ3) is 3.76. The molecule has 0 aromatic heterocycles. The second-order valence-electron chi connectivity index (χ2n) is 4.74. The Labute approximate surface area is 132 Å². The van der Waals surface area contributed by atoms with E-state index in [1.807, 2.05) is 49.3 Å². The number of nitrogens with one attached hydrogen (secondary N) is 1. The summed E-state index contributed by atoms with van der Waals surface area (Å²) in [5.41, 5.74) is 2.32. The van der Waals surface area contributed by atoms with Gasteiger partial charge in [0.05, 0.1) is 12.7 Å². The molecular formula is C16H17BrN2O2. The summed E-state index contributed by atoms with van der Waals surface area (Å²) in [7, 11) is 5.49. The van der Waals surface area contributed by atoms with Crippen molar-refractivity contribution in [1.29, 1.82) is 0 Å². The molecule has 0 unspecified atom stereocenters. The number of benzene rings is 2. The highest BCUT2D eigenvalue weighted by molar-refractivity contribution is 9.10. The summed E-state index contributed by atoms with van der Waals surface area (Å²) in [4.78, 5) is 14.3. The lowest BCUT2D eigenvalue weighted by Gasteiger charge is -2.13. The molecule has 0 aliphatic heterocycles. The number of rotatable bonds is 4. The van der Waals surface area contributed by atoms with Crippen LogP contribution >= 0.6 is 15.9 Å². The van der Waals surface area contributed by atoms with Crippen LogP contribution in [-0.4, -0.2) is 27.1 Å². The standard InChI is InChI=1S/C16H17BrN2O2/c1-19(2)13-7-5-12(6-8-13)18-16(20)14-9-4-11(17)10-15(14)21-3/h4-10H,1-3H3,(H,18,20). The largest absolute Gasteiger partial charge is 0.496 e. The lowest BCUT2D eigenvalue weighted by molar-refractivity contribution is 0.102. The van der Waals surface area contributed by atoms with Gasteiger partial charge in [0.1, 0.15) is 5.75 Å². The molecule has 0 fully saturated rings. The van der Waals surface area contributed by atoms with Crippen LogP contribution in [0.4, 0.5) is 11.4 Å². The number of anilines is 2. The Morgan fingerprint density at radius 1 is 1.14 bits per heavy atom. The molecule has 110 valence electrons. The topological polar surface area (TPSA) is 41.6 Å². The van der Waals surface area contributed by atoms with E-state index in [-0.39, 0.29) is 5.91 Å². The number of carbonyl (C=O) groups excluding carboxylic acids is 1. The summed E-state index contributed by atoms with van der Waals surface area (Å²) in [5, 5.41) is 2.87. The summed E-state index contributed by atoms with van der Waals surface area (Å²) in [6.07, 6.45) is 0. The van der Waals surface area contributed by atoms with E-state index in [1.165, 1.54) is 0 Å². The van der Waals surface area contributed by atoms with E-state index in [4.69, 9.17) is 4.74 Å². The summed E-state index contributed by atoms with van der Waals surface area (Å²) >= 11 is 3.36. The van der Waals surface area contributed by atoms with Crippen LogP contribution in [0.25, 0.3) is 0 Å². The van der Waals surface area contributed by atoms with E-state index in [9.17, 15) is 4.79 Å². The molecule has 0 radical (unpaired) electrons. The number of carbonyl (C=O) groups is 1. The minimum Gasteiger partial charge on any atom is -0.496 e. The van der Waals surface area contributed by atoms with Crippen molar-refractivity contribution in [3.8, 4) is 5.75 Å². The van der Waals surface area contributed by atoms with Crippen LogP contribution in [0.1, 0.15) is 10.4 Å². The summed E-state index contributed by atoms with van der Waals surface area (Å²) in [5.74, 6) is 0.337. The molecule has 2 aromatic rings. The van der Waals surface area contributed by atoms with Crippen molar-refractivity contribution in [3.05, 3.63) is 52.5 Å². The van der Waals surface area contributed by atoms with Crippen LogP contribution in [0.2, 0.25) is 0 Å². The Kier molecular flexibility index (Phi) is 4.85. The van der Waals surface area contributed by atoms with Gasteiger partial charge in [-0.3, -0.25) is 4.79 Å². The van der Waals surface area contributed by atoms with Crippen LogP contribution < -0.4 is 15.0 Å². The molecule has 2 aromatic carbocycles. The Bertz CT molecular complexity index is 639. The van der Waals surface area contributed by atoms with Gasteiger partial charge in [-0.1, -0.05) is 15.9 Å². The minimum absolute atomic E-state index is 0.197. The van der Waals surface area contributed by atoms with Crippen LogP contribution in [-0.2, 0) is 0 Å². The fourth-order valence-corrected chi connectivity index (χ4v) is 2.23. The second-order valence-corrected chi connectivity index (χ2v) is 5.66. The first kappa shape index (κ1) is 15.4. The average molecular weight is 349 g/mol. The van der Waals surface area contributed by atoms with E-state index in [0.717, 1.165) is 15.8 Å². The molecule has 0 bridgehead atoms. The Hall–Kier alpha value is -2.01. The van der Waals surface area contributed by atoms with Crippen molar-refractivity contribution in [3.63, 3.8) is 0 Å². The highest BCUT2D eigenvalue weighted by Gasteiger charge is 2.12. The van der Waals surface area contributed by atoms with Gasteiger partial charge in [0.15, 0.2) is 0 Å². The molecule has 2 rings (SSSR count). The predicted octanol–water partition coefficient (Wildman–Crippen LogP) is 3.78. The van der Waals surface area contributed by atoms with Gasteiger partial charge in [-0.25, -0.2) is 0 Å². The molecule has 1 N–H and O–H groups in total. The third-order valence-electron chi connectivity index (χ3n) is 3.05. The van der Waals surface area contributed by atoms with E-state index >= 15 is 0 Å². The number of halogens is 1. The fourth-order valence-electron chi connectivity index (χ4n) is 1.89. The van der Waals surface area contributed by atoms with E-state index < -0.39 is 0 Å². The molecule has 21 heavy (non-hydrogen) atoms. The maximum atomic E-state index is 12.3. The Balaban J connectivity index is 2.18. The number of amides is 1. The molecule has 0 aliphatic carbocycles. The van der Waals surface area contributed by atoms with Gasteiger partial charge < -0.3 is 15.0 Å². The lowest BCUT2D eigenvalue weighted by Crippen LogP contribution is -2.13. The van der Waals surface area contributed by atoms with Gasteiger partial charge in [0, 0.05) is 29.9 Å². The first-order valence-electron chi connectivity index (χ1n) is 6.43. The highest BCUT2D eigenvalue weighted by Crippen LogP contribution is 2.24. The molecule has 0 aliphatic rings. The smallest absolute Gasteiger partial charge is 0.259 e. The number of ether oxygens (including phenoxy) is 1. The zero-order valence-corrected chi connectivity index (χ0v) is 13.8.